The van der Waals surface area contributed by atoms with Crippen LogP contribution in [0.3, 0.4) is 0 Å². The van der Waals surface area contributed by atoms with Crippen LogP contribution in [0.2, 0.25) is 0 Å². The van der Waals surface area contributed by atoms with Gasteiger partial charge < -0.3 is 9.79 Å². The molecule has 5 aromatic carbocycles. The van der Waals surface area contributed by atoms with Gasteiger partial charge in [0.05, 0.1) is 14.4 Å². The van der Waals surface area contributed by atoms with Gasteiger partial charge in [0, 0.05) is 25.1 Å². The zero-order valence-corrected chi connectivity index (χ0v) is 41.6. The molecule has 8 aromatic rings. The summed E-state index contributed by atoms with van der Waals surface area (Å²) in [5.74, 6) is 7.90. The standard InChI is InChI=1S/C56H61O3PS4/c1-3-5-7-9-11-13-19-45-38-52(62-49(45)34-25-40-23-31-47(32-24-40)60(57,58)59)50-35-36-51(63-50)56-46(20-14-12-10-8-6-4-2)39-53(64-56)61-37-16-15-18-41-26-27-44-29-28-42-21-17-22-43-30-33-48(41)55(44)54(42)43/h17,21-24,26-33,35-36,38-39H,3-16,18-20,37H2,1-2H3,(H2,57,58,59). The quantitative estimate of drug-likeness (QED) is 0.0221. The van der Waals surface area contributed by atoms with Crippen molar-refractivity contribution in [3.8, 4) is 31.3 Å². The topological polar surface area (TPSA) is 57.5 Å². The summed E-state index contributed by atoms with van der Waals surface area (Å²) in [6, 6.07) is 36.5. The minimum atomic E-state index is -4.29. The molecule has 8 rings (SSSR count). The van der Waals surface area contributed by atoms with Crippen LogP contribution < -0.4 is 5.30 Å². The van der Waals surface area contributed by atoms with Gasteiger partial charge >= 0.3 is 7.60 Å². The monoisotopic (exact) mass is 940 g/mol. The second kappa shape index (κ2) is 22.7. The highest BCUT2D eigenvalue weighted by molar-refractivity contribution is 8.01. The average molecular weight is 941 g/mol. The molecule has 0 spiro atoms. The summed E-state index contributed by atoms with van der Waals surface area (Å²) in [5, 5.41) is 8.28. The molecule has 0 fully saturated rings. The molecule has 3 aromatic heterocycles. The lowest BCUT2D eigenvalue weighted by atomic mass is 9.91. The maximum atomic E-state index is 11.7. The molecule has 0 aliphatic heterocycles. The number of benzene rings is 5. The van der Waals surface area contributed by atoms with Gasteiger partial charge in [-0.3, -0.25) is 4.57 Å². The average Bonchev–Trinajstić information content (AvgIpc) is 4.06. The second-order valence-corrected chi connectivity index (χ2v) is 23.5. The molecule has 0 amide bonds. The SMILES string of the molecule is CCCCCCCCc1cc(-c2ccc(-c3sc(SCCCCc4ccc5ccc6cccc7ccc4c5c67)cc3CCCCCCCC)s2)sc1C#Cc1ccc(P(=O)(O)O)cc1. The summed E-state index contributed by atoms with van der Waals surface area (Å²) in [6.07, 6.45) is 21.0. The summed E-state index contributed by atoms with van der Waals surface area (Å²) in [5.41, 5.74) is 5.04. The fourth-order valence-electron chi connectivity index (χ4n) is 8.97. The van der Waals surface area contributed by atoms with Gasteiger partial charge in [0.2, 0.25) is 0 Å². The Balaban J connectivity index is 0.966. The van der Waals surface area contributed by atoms with E-state index < -0.39 is 7.60 Å². The summed E-state index contributed by atoms with van der Waals surface area (Å²) in [4.78, 5) is 25.6. The highest BCUT2D eigenvalue weighted by Gasteiger charge is 2.18. The van der Waals surface area contributed by atoms with E-state index in [1.54, 1.807) is 23.5 Å². The molecule has 0 atom stereocenters. The fraction of sp³-hybridized carbons (Fsp3) is 0.357. The number of thioether (sulfide) groups is 1. The number of hydrogen-bond acceptors (Lipinski definition) is 5. The lowest BCUT2D eigenvalue weighted by Crippen LogP contribution is -2.02. The molecule has 3 nitrogen and oxygen atoms in total. The molecule has 0 aliphatic rings. The van der Waals surface area contributed by atoms with Gasteiger partial charge in [-0.1, -0.05) is 144 Å². The zero-order chi connectivity index (χ0) is 44.3. The van der Waals surface area contributed by atoms with Crippen LogP contribution in [0, 0.1) is 11.8 Å². The predicted octanol–water partition coefficient (Wildman–Crippen LogP) is 17.2. The Bertz CT molecular complexity index is 2850. The van der Waals surface area contributed by atoms with Crippen LogP contribution in [0.4, 0.5) is 0 Å². The maximum Gasteiger partial charge on any atom is 0.356 e. The van der Waals surface area contributed by atoms with Crippen LogP contribution in [-0.4, -0.2) is 15.5 Å². The summed E-state index contributed by atoms with van der Waals surface area (Å²) in [7, 11) is -4.29. The second-order valence-electron chi connectivity index (χ2n) is 17.3. The van der Waals surface area contributed by atoms with Gasteiger partial charge in [-0.2, -0.15) is 0 Å². The molecular weight excluding hydrogens is 880 g/mol. The third-order valence-corrected chi connectivity index (χ3v) is 18.5. The molecule has 0 radical (unpaired) electrons. The number of aryl methyl sites for hydroxylation is 3. The van der Waals surface area contributed by atoms with Crippen molar-refractivity contribution in [3.63, 3.8) is 0 Å². The van der Waals surface area contributed by atoms with Crippen molar-refractivity contribution < 1.29 is 14.4 Å². The van der Waals surface area contributed by atoms with Crippen LogP contribution in [0.5, 0.6) is 0 Å². The fourth-order valence-corrected chi connectivity index (χ4v) is 14.3. The molecule has 2 N–H and O–H groups in total. The number of hydrogen-bond donors (Lipinski definition) is 2. The summed E-state index contributed by atoms with van der Waals surface area (Å²) < 4.78 is 13.2. The smallest absolute Gasteiger partial charge is 0.321 e. The van der Waals surface area contributed by atoms with Crippen LogP contribution in [-0.2, 0) is 23.8 Å². The molecule has 8 heteroatoms. The van der Waals surface area contributed by atoms with Gasteiger partial charge in [-0.05, 0) is 148 Å². The first-order chi connectivity index (χ1) is 31.3. The molecular formula is C56H61O3PS4. The van der Waals surface area contributed by atoms with E-state index in [2.05, 4.69) is 105 Å². The van der Waals surface area contributed by atoms with Gasteiger partial charge in [0.1, 0.15) is 0 Å². The Morgan fingerprint density at radius 2 is 1.14 bits per heavy atom. The molecule has 0 aliphatic carbocycles. The zero-order valence-electron chi connectivity index (χ0n) is 37.4. The first kappa shape index (κ1) is 46.8. The molecule has 332 valence electrons. The van der Waals surface area contributed by atoms with Crippen molar-refractivity contribution in [2.24, 2.45) is 0 Å². The molecule has 0 unspecified atom stereocenters. The van der Waals surface area contributed by atoms with Crippen molar-refractivity contribution in [1.82, 2.24) is 0 Å². The Morgan fingerprint density at radius 3 is 1.86 bits per heavy atom. The minimum absolute atomic E-state index is 0.0206. The first-order valence-corrected chi connectivity index (χ1v) is 28.7. The number of rotatable bonds is 23. The van der Waals surface area contributed by atoms with E-state index >= 15 is 0 Å². The number of unbranched alkanes of at least 4 members (excludes halogenated alkanes) is 11. The summed E-state index contributed by atoms with van der Waals surface area (Å²) in [6.45, 7) is 4.55. The maximum absolute atomic E-state index is 11.7. The van der Waals surface area contributed by atoms with E-state index in [0.29, 0.717) is 0 Å². The largest absolute Gasteiger partial charge is 0.356 e. The van der Waals surface area contributed by atoms with Crippen molar-refractivity contribution in [2.75, 3.05) is 5.75 Å². The molecule has 64 heavy (non-hydrogen) atoms. The highest BCUT2D eigenvalue weighted by atomic mass is 32.2. The van der Waals surface area contributed by atoms with Gasteiger partial charge in [0.25, 0.3) is 0 Å². The van der Waals surface area contributed by atoms with Crippen LogP contribution in [0.1, 0.15) is 131 Å². The Labute approximate surface area is 397 Å². The van der Waals surface area contributed by atoms with Crippen molar-refractivity contribution in [2.45, 2.75) is 127 Å². The summed E-state index contributed by atoms with van der Waals surface area (Å²) >= 11 is 7.74. The van der Waals surface area contributed by atoms with E-state index in [-0.39, 0.29) is 5.30 Å². The lowest BCUT2D eigenvalue weighted by molar-refractivity contribution is 0.387. The van der Waals surface area contributed by atoms with Crippen LogP contribution in [0.15, 0.2) is 107 Å². The number of thiophene rings is 3. The first-order valence-electron chi connectivity index (χ1n) is 23.6. The van der Waals surface area contributed by atoms with Crippen LogP contribution >= 0.6 is 53.4 Å². The van der Waals surface area contributed by atoms with Gasteiger partial charge in [-0.15, -0.1) is 45.8 Å². The molecule has 0 bridgehead atoms. The van der Waals surface area contributed by atoms with Gasteiger partial charge in [0.15, 0.2) is 0 Å². The Morgan fingerprint density at radius 1 is 0.531 bits per heavy atom. The van der Waals surface area contributed by atoms with Crippen molar-refractivity contribution in [1.29, 1.82) is 0 Å². The third kappa shape index (κ3) is 11.8. The van der Waals surface area contributed by atoms with Crippen LogP contribution in [0.25, 0.3) is 51.8 Å². The highest BCUT2D eigenvalue weighted by Crippen LogP contribution is 2.45. The van der Waals surface area contributed by atoms with E-state index in [1.165, 1.54) is 168 Å². The molecule has 0 saturated heterocycles. The van der Waals surface area contributed by atoms with E-state index in [4.69, 9.17) is 0 Å². The van der Waals surface area contributed by atoms with E-state index in [0.717, 1.165) is 41.9 Å². The van der Waals surface area contributed by atoms with Crippen molar-refractivity contribution in [3.05, 3.63) is 130 Å². The van der Waals surface area contributed by atoms with Crippen molar-refractivity contribution >= 4 is 91.0 Å². The van der Waals surface area contributed by atoms with E-state index in [1.807, 2.05) is 34.4 Å². The molecule has 3 heterocycles. The van der Waals surface area contributed by atoms with E-state index in [9.17, 15) is 14.4 Å². The predicted molar refractivity (Wildman–Crippen MR) is 283 cm³/mol. The normalized spacial score (nSPS) is 11.9. The third-order valence-electron chi connectivity index (χ3n) is 12.5. The Kier molecular flexibility index (Phi) is 16.6. The minimum Gasteiger partial charge on any atom is -0.321 e. The molecule has 0 saturated carbocycles. The Hall–Kier alpha value is -3.70. The van der Waals surface area contributed by atoms with Gasteiger partial charge in [-0.25, -0.2) is 0 Å². The lowest BCUT2D eigenvalue weighted by Gasteiger charge is -2.13.